The molecule has 0 saturated carbocycles. The summed E-state index contributed by atoms with van der Waals surface area (Å²) in [7, 11) is 4.37. The molecule has 0 aliphatic carbocycles. The maximum absolute atomic E-state index is 12.2. The lowest BCUT2D eigenvalue weighted by molar-refractivity contribution is -0.143. The van der Waals surface area contributed by atoms with Crippen LogP contribution in [0.3, 0.4) is 0 Å². The summed E-state index contributed by atoms with van der Waals surface area (Å²) in [6.07, 6.45) is 51.8. The Morgan fingerprint density at radius 2 is 0.707 bits per heavy atom. The Balaban J connectivity index is 4.02. The monoisotopic (exact) mass is 816 g/mol. The molecule has 0 radical (unpaired) electrons. The molecule has 0 unspecified atom stereocenters. The van der Waals surface area contributed by atoms with Gasteiger partial charge in [-0.05, 0) is 70.5 Å². The van der Waals surface area contributed by atoms with Crippen molar-refractivity contribution < 1.29 is 19.1 Å². The van der Waals surface area contributed by atoms with Crippen LogP contribution >= 0.6 is 0 Å². The van der Waals surface area contributed by atoms with E-state index in [2.05, 4.69) is 71.0 Å². The van der Waals surface area contributed by atoms with Crippen LogP contribution in [0, 0.1) is 17.8 Å². The first-order valence-corrected chi connectivity index (χ1v) is 25.6. The Morgan fingerprint density at radius 3 is 1.05 bits per heavy atom. The fraction of sp³-hybridized carbons (Fsp3) is 0.887. The van der Waals surface area contributed by atoms with Crippen molar-refractivity contribution >= 4 is 11.9 Å². The van der Waals surface area contributed by atoms with Crippen LogP contribution in [0.4, 0.5) is 0 Å². The Labute approximate surface area is 363 Å². The molecule has 0 fully saturated rings. The van der Waals surface area contributed by atoms with Gasteiger partial charge in [-0.15, -0.1) is 0 Å². The first kappa shape index (κ1) is 56.4. The normalized spacial score (nSPS) is 12.1. The second-order valence-corrected chi connectivity index (χ2v) is 18.3. The van der Waals surface area contributed by atoms with Gasteiger partial charge in [0.05, 0.1) is 0 Å². The molecule has 0 aromatic heterocycles. The molecule has 342 valence electrons. The lowest BCUT2D eigenvalue weighted by Crippen LogP contribution is -2.13. The summed E-state index contributed by atoms with van der Waals surface area (Å²) in [6.45, 7) is 11.2. The van der Waals surface area contributed by atoms with Gasteiger partial charge in [-0.3, -0.25) is 9.59 Å². The lowest BCUT2D eigenvalue weighted by Gasteiger charge is -2.18. The molecule has 0 saturated heterocycles. The van der Waals surface area contributed by atoms with Crippen LogP contribution in [-0.4, -0.2) is 50.7 Å². The van der Waals surface area contributed by atoms with Crippen molar-refractivity contribution in [3.63, 3.8) is 0 Å². The molecule has 0 aromatic rings. The van der Waals surface area contributed by atoms with Crippen LogP contribution in [0.2, 0.25) is 0 Å². The fourth-order valence-electron chi connectivity index (χ4n) is 8.34. The number of esters is 2. The summed E-state index contributed by atoms with van der Waals surface area (Å²) in [4.78, 5) is 26.7. The minimum Gasteiger partial charge on any atom is -0.461 e. The van der Waals surface area contributed by atoms with Crippen LogP contribution < -0.4 is 0 Å². The maximum Gasteiger partial charge on any atom is 0.306 e. The van der Waals surface area contributed by atoms with Crippen molar-refractivity contribution in [1.82, 2.24) is 4.90 Å². The molecule has 0 spiro atoms. The van der Waals surface area contributed by atoms with Crippen LogP contribution in [0.15, 0.2) is 24.3 Å². The van der Waals surface area contributed by atoms with E-state index < -0.39 is 0 Å². The second-order valence-electron chi connectivity index (χ2n) is 18.3. The van der Waals surface area contributed by atoms with Gasteiger partial charge < -0.3 is 14.4 Å². The number of nitrogens with zero attached hydrogens (tertiary/aromatic N) is 1. The van der Waals surface area contributed by atoms with Crippen molar-refractivity contribution in [2.75, 3.05) is 33.9 Å². The summed E-state index contributed by atoms with van der Waals surface area (Å²) in [5, 5.41) is 0. The smallest absolute Gasteiger partial charge is 0.306 e. The Bertz CT molecular complexity index is 847. The second kappa shape index (κ2) is 44.9. The minimum absolute atomic E-state index is 0.0356. The summed E-state index contributed by atoms with van der Waals surface area (Å²) in [5.74, 6) is 2.38. The molecule has 0 atom stereocenters. The van der Waals surface area contributed by atoms with Gasteiger partial charge in [0.25, 0.3) is 0 Å². The van der Waals surface area contributed by atoms with Gasteiger partial charge in [-0.25, -0.2) is 0 Å². The molecule has 5 heteroatoms. The van der Waals surface area contributed by atoms with E-state index in [1.54, 1.807) is 0 Å². The van der Waals surface area contributed by atoms with E-state index in [4.69, 9.17) is 9.47 Å². The highest BCUT2D eigenvalue weighted by Crippen LogP contribution is 2.25. The van der Waals surface area contributed by atoms with Gasteiger partial charge in [0.2, 0.25) is 0 Å². The highest BCUT2D eigenvalue weighted by Gasteiger charge is 2.10. The Morgan fingerprint density at radius 1 is 0.397 bits per heavy atom. The van der Waals surface area contributed by atoms with E-state index in [9.17, 15) is 9.59 Å². The zero-order valence-corrected chi connectivity index (χ0v) is 40.0. The van der Waals surface area contributed by atoms with Gasteiger partial charge >= 0.3 is 11.9 Å². The lowest BCUT2D eigenvalue weighted by atomic mass is 9.90. The SMILES string of the molecule is CCCCC(C/C=C\COC(=O)CCCCCCCCCC(CCCCCCCCCC(=O)OC/C=C\CC(CCCC)CCCC)CCCCN(C)C)CCCC. The number of hydrogen-bond acceptors (Lipinski definition) is 5. The van der Waals surface area contributed by atoms with Gasteiger partial charge in [0.1, 0.15) is 13.2 Å². The summed E-state index contributed by atoms with van der Waals surface area (Å²) in [5.41, 5.74) is 0. The maximum atomic E-state index is 12.2. The van der Waals surface area contributed by atoms with E-state index in [0.717, 1.165) is 56.3 Å². The largest absolute Gasteiger partial charge is 0.461 e. The van der Waals surface area contributed by atoms with Gasteiger partial charge in [0, 0.05) is 12.8 Å². The predicted octanol–water partition coefficient (Wildman–Crippen LogP) is 16.3. The van der Waals surface area contributed by atoms with E-state index in [-0.39, 0.29) is 11.9 Å². The molecule has 0 N–H and O–H groups in total. The molecule has 0 heterocycles. The Hall–Kier alpha value is -1.62. The third-order valence-electron chi connectivity index (χ3n) is 12.3. The third-order valence-corrected chi connectivity index (χ3v) is 12.3. The Kier molecular flexibility index (Phi) is 43.7. The summed E-state index contributed by atoms with van der Waals surface area (Å²) in [6, 6.07) is 0. The zero-order valence-electron chi connectivity index (χ0n) is 40.0. The fourth-order valence-corrected chi connectivity index (χ4v) is 8.34. The molecule has 0 aliphatic rings. The van der Waals surface area contributed by atoms with Crippen molar-refractivity contribution in [1.29, 1.82) is 0 Å². The molecule has 58 heavy (non-hydrogen) atoms. The number of unbranched alkanes of at least 4 members (excludes halogenated alkanes) is 17. The van der Waals surface area contributed by atoms with E-state index in [1.165, 1.54) is 180 Å². The minimum atomic E-state index is -0.0356. The molecule has 0 amide bonds. The summed E-state index contributed by atoms with van der Waals surface area (Å²) >= 11 is 0. The average molecular weight is 816 g/mol. The van der Waals surface area contributed by atoms with Crippen molar-refractivity contribution in [3.8, 4) is 0 Å². The highest BCUT2D eigenvalue weighted by molar-refractivity contribution is 5.69. The van der Waals surface area contributed by atoms with E-state index >= 15 is 0 Å². The van der Waals surface area contributed by atoms with Gasteiger partial charge in [0.15, 0.2) is 0 Å². The molecule has 0 aromatic carbocycles. The number of allylic oxidation sites excluding steroid dienone is 2. The van der Waals surface area contributed by atoms with Crippen LogP contribution in [0.25, 0.3) is 0 Å². The van der Waals surface area contributed by atoms with Crippen LogP contribution in [-0.2, 0) is 19.1 Å². The number of hydrogen-bond donors (Lipinski definition) is 0. The van der Waals surface area contributed by atoms with E-state index in [0.29, 0.717) is 26.1 Å². The molecule has 0 bridgehead atoms. The summed E-state index contributed by atoms with van der Waals surface area (Å²) < 4.78 is 10.9. The van der Waals surface area contributed by atoms with Gasteiger partial charge in [-0.2, -0.15) is 0 Å². The standard InChI is InChI=1S/C53H101NO4/c1-7-11-35-49(36-12-8-2)42-30-33-47-57-52(55)44-27-23-19-15-17-21-25-39-51(41-29-32-46-54(5)6)40-26-22-18-16-20-24-28-45-53(56)58-48-34-31-43-50(37-13-9-3)38-14-10-4/h30-31,33-34,49-51H,7-29,32,35-48H2,1-6H3/b33-30-,34-31-. The van der Waals surface area contributed by atoms with Crippen LogP contribution in [0.1, 0.15) is 252 Å². The number of carbonyl (C=O) groups is 2. The number of carbonyl (C=O) groups excluding carboxylic acids is 2. The van der Waals surface area contributed by atoms with Gasteiger partial charge in [-0.1, -0.05) is 232 Å². The van der Waals surface area contributed by atoms with Crippen molar-refractivity contribution in [3.05, 3.63) is 24.3 Å². The zero-order chi connectivity index (χ0) is 42.6. The molecule has 5 nitrogen and oxygen atoms in total. The highest BCUT2D eigenvalue weighted by atomic mass is 16.5. The molecular formula is C53H101NO4. The molecule has 0 rings (SSSR count). The molecule has 0 aliphatic heterocycles. The first-order chi connectivity index (χ1) is 28.4. The molecular weight excluding hydrogens is 715 g/mol. The average Bonchev–Trinajstić information content (AvgIpc) is 3.21. The number of ether oxygens (including phenoxy) is 2. The van der Waals surface area contributed by atoms with Crippen molar-refractivity contribution in [2.45, 2.75) is 252 Å². The number of rotatable bonds is 45. The topological polar surface area (TPSA) is 55.8 Å². The first-order valence-electron chi connectivity index (χ1n) is 25.6. The third kappa shape index (κ3) is 41.1. The quantitative estimate of drug-likeness (QED) is 0.0348. The van der Waals surface area contributed by atoms with Crippen molar-refractivity contribution in [2.24, 2.45) is 17.8 Å². The van der Waals surface area contributed by atoms with E-state index in [1.807, 2.05) is 0 Å². The predicted molar refractivity (Wildman–Crippen MR) is 254 cm³/mol. The van der Waals surface area contributed by atoms with Crippen LogP contribution in [0.5, 0.6) is 0 Å².